The van der Waals surface area contributed by atoms with Crippen LogP contribution in [0.1, 0.15) is 27.7 Å². The van der Waals surface area contributed by atoms with Gasteiger partial charge in [-0.3, -0.25) is 0 Å². The van der Waals surface area contributed by atoms with E-state index in [1.54, 1.807) is 20.8 Å². The molecule has 7 heteroatoms. The van der Waals surface area contributed by atoms with E-state index in [9.17, 15) is 9.59 Å². The van der Waals surface area contributed by atoms with Crippen LogP contribution in [0.3, 0.4) is 0 Å². The Morgan fingerprint density at radius 3 is 2.13 bits per heavy atom. The van der Waals surface area contributed by atoms with Gasteiger partial charge in [-0.2, -0.15) is 14.6 Å². The molecule has 0 radical (unpaired) electrons. The summed E-state index contributed by atoms with van der Waals surface area (Å²) in [5.41, 5.74) is -0.664. The minimum absolute atomic E-state index is 0. The standard InChI is InChI=1S/C8H14N2O4.BrH/c1-5(11)9-6(12)10-7(13)14-8(2,3)4;/h1-4H3,(H2,9,10,11,12,13);1H. The van der Waals surface area contributed by atoms with Crippen LogP contribution in [0.4, 0.5) is 9.59 Å². The molecule has 15 heavy (non-hydrogen) atoms. The smallest absolute Gasteiger partial charge is 0.508 e. The fourth-order valence-electron chi connectivity index (χ4n) is 0.592. The Balaban J connectivity index is 0. The van der Waals surface area contributed by atoms with E-state index in [-0.39, 0.29) is 22.9 Å². The lowest BCUT2D eigenvalue weighted by Gasteiger charge is -2.16. The molecule has 3 amide bonds. The number of nitrogens with one attached hydrogen (secondary N) is 2. The lowest BCUT2D eigenvalue weighted by molar-refractivity contribution is -0.354. The molecule has 0 aromatic carbocycles. The summed E-state index contributed by atoms with van der Waals surface area (Å²) in [6.07, 6.45) is -0.865. The number of carbonyl (C=O) groups excluding carboxylic acids is 2. The summed E-state index contributed by atoms with van der Waals surface area (Å²) < 4.78 is 4.79. The first-order chi connectivity index (χ1) is 6.20. The van der Waals surface area contributed by atoms with Gasteiger partial charge in [-0.05, 0) is 20.8 Å². The summed E-state index contributed by atoms with van der Waals surface area (Å²) in [7, 11) is 0. The van der Waals surface area contributed by atoms with Crippen molar-refractivity contribution < 1.29 is 41.4 Å². The third-order valence-electron chi connectivity index (χ3n) is 0.909. The molecule has 0 aromatic heterocycles. The molecule has 0 spiro atoms. The number of aliphatic hydroxyl groups excluding tert-OH is 1. The van der Waals surface area contributed by atoms with E-state index in [0.717, 1.165) is 0 Å². The van der Waals surface area contributed by atoms with E-state index in [2.05, 4.69) is 0 Å². The molecule has 0 unspecified atom stereocenters. The maximum absolute atomic E-state index is 11.0. The van der Waals surface area contributed by atoms with E-state index in [1.165, 1.54) is 6.92 Å². The fraction of sp³-hybridized carbons (Fsp3) is 0.625. The Labute approximate surface area is 98.5 Å². The molecule has 0 saturated carbocycles. The van der Waals surface area contributed by atoms with E-state index >= 15 is 0 Å². The number of hydrogen-bond donors (Lipinski definition) is 3. The molecule has 0 bridgehead atoms. The SMILES string of the molecule is C/C(O)=[NH+]/C(=O)NC(=O)OC(C)(C)C.[Br-]. The van der Waals surface area contributed by atoms with Gasteiger partial charge in [0.1, 0.15) is 5.60 Å². The Hall–Kier alpha value is -1.11. The molecule has 0 rings (SSSR count). The van der Waals surface area contributed by atoms with Crippen LogP contribution >= 0.6 is 0 Å². The zero-order valence-corrected chi connectivity index (χ0v) is 10.6. The number of ether oxygens (including phenoxy) is 1. The predicted octanol–water partition coefficient (Wildman–Crippen LogP) is -3.31. The van der Waals surface area contributed by atoms with Crippen LogP contribution in [0.25, 0.3) is 0 Å². The van der Waals surface area contributed by atoms with Crippen molar-refractivity contribution >= 4 is 18.0 Å². The van der Waals surface area contributed by atoms with E-state index < -0.39 is 17.7 Å². The fourth-order valence-corrected chi connectivity index (χ4v) is 0.592. The van der Waals surface area contributed by atoms with Gasteiger partial charge in [-0.25, -0.2) is 0 Å². The van der Waals surface area contributed by atoms with Crippen molar-refractivity contribution in [2.45, 2.75) is 33.3 Å². The van der Waals surface area contributed by atoms with Crippen molar-refractivity contribution in [3.63, 3.8) is 0 Å². The second-order valence-corrected chi connectivity index (χ2v) is 3.67. The van der Waals surface area contributed by atoms with Gasteiger partial charge in [-0.15, -0.1) is 5.32 Å². The van der Waals surface area contributed by atoms with Crippen molar-refractivity contribution in [2.24, 2.45) is 0 Å². The zero-order valence-electron chi connectivity index (χ0n) is 9.05. The van der Waals surface area contributed by atoms with Crippen LogP contribution in [0.15, 0.2) is 0 Å². The van der Waals surface area contributed by atoms with Crippen LogP contribution in [-0.2, 0) is 4.74 Å². The van der Waals surface area contributed by atoms with Crippen molar-refractivity contribution in [1.29, 1.82) is 0 Å². The number of alkyl carbamates (subject to hydrolysis) is 1. The molecule has 3 N–H and O–H groups in total. The number of hydrogen-bond acceptors (Lipinski definition) is 3. The van der Waals surface area contributed by atoms with Crippen LogP contribution in [0.2, 0.25) is 0 Å². The highest BCUT2D eigenvalue weighted by Crippen LogP contribution is 2.05. The minimum Gasteiger partial charge on any atom is -1.00 e. The Kier molecular flexibility index (Phi) is 6.95. The number of rotatable bonds is 0. The van der Waals surface area contributed by atoms with Crippen molar-refractivity contribution in [1.82, 2.24) is 5.32 Å². The molecule has 6 nitrogen and oxygen atoms in total. The zero-order chi connectivity index (χ0) is 11.4. The molecule has 0 heterocycles. The molecule has 0 saturated heterocycles. The molecule has 0 atom stereocenters. The van der Waals surface area contributed by atoms with E-state index in [1.807, 2.05) is 10.3 Å². The maximum Gasteiger partial charge on any atom is 0.508 e. The third-order valence-corrected chi connectivity index (χ3v) is 0.909. The number of imide groups is 1. The molecular formula is C8H15BrN2O4. The molecule has 0 aliphatic carbocycles. The summed E-state index contributed by atoms with van der Waals surface area (Å²) in [5, 5.41) is 10.5. The number of urea groups is 1. The van der Waals surface area contributed by atoms with Crippen molar-refractivity contribution in [2.75, 3.05) is 0 Å². The predicted molar refractivity (Wildman–Crippen MR) is 49.0 cm³/mol. The topological polar surface area (TPSA) is 89.6 Å². The molecule has 0 aromatic rings. The summed E-state index contributed by atoms with van der Waals surface area (Å²) in [6.45, 7) is 6.30. The average Bonchev–Trinajstić information content (AvgIpc) is 1.77. The lowest BCUT2D eigenvalue weighted by atomic mass is 10.2. The molecule has 0 aliphatic rings. The average molecular weight is 283 g/mol. The van der Waals surface area contributed by atoms with Crippen LogP contribution in [0, 0.1) is 0 Å². The normalized spacial score (nSPS) is 11.3. The number of amides is 3. The number of aliphatic hydroxyl groups is 1. The van der Waals surface area contributed by atoms with Gasteiger partial charge in [0.15, 0.2) is 0 Å². The summed E-state index contributed by atoms with van der Waals surface area (Å²) in [4.78, 5) is 23.8. The van der Waals surface area contributed by atoms with Gasteiger partial charge in [0.2, 0.25) is 0 Å². The quantitative estimate of drug-likeness (QED) is 0.321. The second-order valence-electron chi connectivity index (χ2n) is 3.67. The first-order valence-electron chi connectivity index (χ1n) is 4.04. The third kappa shape index (κ3) is 10.8. The van der Waals surface area contributed by atoms with Gasteiger partial charge in [0.25, 0.3) is 5.90 Å². The Morgan fingerprint density at radius 2 is 1.80 bits per heavy atom. The molecule has 0 aliphatic heterocycles. The van der Waals surface area contributed by atoms with Gasteiger partial charge in [0.05, 0.1) is 0 Å². The highest BCUT2D eigenvalue weighted by atomic mass is 79.9. The monoisotopic (exact) mass is 282 g/mol. The molecular weight excluding hydrogens is 268 g/mol. The van der Waals surface area contributed by atoms with Crippen LogP contribution < -0.4 is 27.3 Å². The highest BCUT2D eigenvalue weighted by molar-refractivity contribution is 5.87. The lowest BCUT2D eigenvalue weighted by Crippen LogP contribution is -3.00. The Morgan fingerprint density at radius 1 is 1.33 bits per heavy atom. The summed E-state index contributed by atoms with van der Waals surface area (Å²) in [5.74, 6) is -0.300. The molecule has 88 valence electrons. The number of halogens is 1. The summed E-state index contributed by atoms with van der Waals surface area (Å²) in [6, 6.07) is -0.834. The second kappa shape index (κ2) is 6.39. The van der Waals surface area contributed by atoms with Gasteiger partial charge in [-0.1, -0.05) is 0 Å². The van der Waals surface area contributed by atoms with Crippen molar-refractivity contribution in [3.8, 4) is 0 Å². The van der Waals surface area contributed by atoms with Crippen molar-refractivity contribution in [3.05, 3.63) is 0 Å². The first kappa shape index (κ1) is 16.3. The van der Waals surface area contributed by atoms with Gasteiger partial charge >= 0.3 is 12.1 Å². The van der Waals surface area contributed by atoms with Gasteiger partial charge < -0.3 is 26.8 Å². The minimum atomic E-state index is -0.865. The summed E-state index contributed by atoms with van der Waals surface area (Å²) >= 11 is 0. The first-order valence-corrected chi connectivity index (χ1v) is 4.04. The largest absolute Gasteiger partial charge is 1.00 e. The van der Waals surface area contributed by atoms with Gasteiger partial charge in [0, 0.05) is 6.92 Å². The highest BCUT2D eigenvalue weighted by Gasteiger charge is 2.22. The molecule has 0 fully saturated rings. The van der Waals surface area contributed by atoms with Crippen LogP contribution in [0.5, 0.6) is 0 Å². The Bertz CT molecular complexity index is 266. The van der Waals surface area contributed by atoms with E-state index in [4.69, 9.17) is 9.84 Å². The van der Waals surface area contributed by atoms with E-state index in [0.29, 0.717) is 0 Å². The maximum atomic E-state index is 11.0. The van der Waals surface area contributed by atoms with Crippen LogP contribution in [-0.4, -0.2) is 28.7 Å². The number of carbonyl (C=O) groups is 2.